The van der Waals surface area contributed by atoms with Crippen LogP contribution in [0.5, 0.6) is 11.5 Å². The second kappa shape index (κ2) is 8.30. The number of rotatable bonds is 6. The molecule has 7 nitrogen and oxygen atoms in total. The van der Waals surface area contributed by atoms with E-state index >= 15 is 0 Å². The van der Waals surface area contributed by atoms with Gasteiger partial charge < -0.3 is 24.4 Å². The SMILES string of the molecule is COc1cc(OC[C@@H]2[C@H]3CC[C@H](c4nc(C(=O)O)cs4)O[C@H]3C[C@@H]2O)ccc1C. The van der Waals surface area contributed by atoms with Crippen molar-refractivity contribution in [3.8, 4) is 11.5 Å². The van der Waals surface area contributed by atoms with Crippen LogP contribution >= 0.6 is 11.3 Å². The van der Waals surface area contributed by atoms with Gasteiger partial charge in [0.25, 0.3) is 0 Å². The van der Waals surface area contributed by atoms with Crippen molar-refractivity contribution < 1.29 is 29.2 Å². The Hall–Kier alpha value is -2.16. The molecule has 2 aliphatic rings. The van der Waals surface area contributed by atoms with Crippen molar-refractivity contribution in [3.05, 3.63) is 39.8 Å². The highest BCUT2D eigenvalue weighted by Gasteiger charge is 2.47. The van der Waals surface area contributed by atoms with Crippen molar-refractivity contribution >= 4 is 17.3 Å². The van der Waals surface area contributed by atoms with Gasteiger partial charge in [0, 0.05) is 23.8 Å². The molecule has 2 fully saturated rings. The quantitative estimate of drug-likeness (QED) is 0.740. The molecule has 0 amide bonds. The first-order valence-electron chi connectivity index (χ1n) is 9.76. The molecule has 29 heavy (non-hydrogen) atoms. The molecule has 0 bridgehead atoms. The van der Waals surface area contributed by atoms with E-state index in [-0.39, 0.29) is 29.7 Å². The Morgan fingerprint density at radius 1 is 1.38 bits per heavy atom. The number of carboxylic acid groups (broad SMARTS) is 1. The van der Waals surface area contributed by atoms with Crippen LogP contribution in [0.3, 0.4) is 0 Å². The summed E-state index contributed by atoms with van der Waals surface area (Å²) in [7, 11) is 1.63. The summed E-state index contributed by atoms with van der Waals surface area (Å²) >= 11 is 1.32. The summed E-state index contributed by atoms with van der Waals surface area (Å²) < 4.78 is 17.5. The van der Waals surface area contributed by atoms with Gasteiger partial charge in [-0.3, -0.25) is 0 Å². The number of aryl methyl sites for hydroxylation is 1. The van der Waals surface area contributed by atoms with Crippen LogP contribution in [0.1, 0.15) is 46.4 Å². The number of methoxy groups -OCH3 is 1. The van der Waals surface area contributed by atoms with Gasteiger partial charge >= 0.3 is 5.97 Å². The van der Waals surface area contributed by atoms with E-state index in [2.05, 4.69) is 4.98 Å². The molecule has 0 radical (unpaired) electrons. The molecule has 4 rings (SSSR count). The van der Waals surface area contributed by atoms with Crippen molar-refractivity contribution in [1.29, 1.82) is 0 Å². The minimum absolute atomic E-state index is 0.000812. The number of ether oxygens (including phenoxy) is 3. The predicted octanol–water partition coefficient (Wildman–Crippen LogP) is 3.45. The number of aromatic nitrogens is 1. The van der Waals surface area contributed by atoms with Gasteiger partial charge in [-0.25, -0.2) is 9.78 Å². The van der Waals surface area contributed by atoms with Crippen LogP contribution in [-0.2, 0) is 4.74 Å². The van der Waals surface area contributed by atoms with Gasteiger partial charge in [-0.2, -0.15) is 0 Å². The summed E-state index contributed by atoms with van der Waals surface area (Å²) in [5.74, 6) is 0.691. The Balaban J connectivity index is 1.39. The van der Waals surface area contributed by atoms with E-state index in [1.54, 1.807) is 12.5 Å². The van der Waals surface area contributed by atoms with Gasteiger partial charge in [-0.1, -0.05) is 6.07 Å². The highest BCUT2D eigenvalue weighted by atomic mass is 32.1. The lowest BCUT2D eigenvalue weighted by molar-refractivity contribution is -0.0811. The van der Waals surface area contributed by atoms with E-state index in [0.717, 1.165) is 29.9 Å². The van der Waals surface area contributed by atoms with Gasteiger partial charge in [-0.05, 0) is 37.3 Å². The van der Waals surface area contributed by atoms with E-state index in [1.165, 1.54) is 11.3 Å². The Morgan fingerprint density at radius 2 is 2.21 bits per heavy atom. The predicted molar refractivity (Wildman–Crippen MR) is 107 cm³/mol. The third-order valence-corrected chi connectivity index (χ3v) is 6.87. The van der Waals surface area contributed by atoms with E-state index < -0.39 is 12.1 Å². The summed E-state index contributed by atoms with van der Waals surface area (Å²) in [4.78, 5) is 15.2. The van der Waals surface area contributed by atoms with Crippen molar-refractivity contribution in [2.24, 2.45) is 11.8 Å². The minimum atomic E-state index is -1.03. The first kappa shape index (κ1) is 20.1. The number of aliphatic hydroxyl groups excluding tert-OH is 1. The van der Waals surface area contributed by atoms with Crippen molar-refractivity contribution in [2.75, 3.05) is 13.7 Å². The van der Waals surface area contributed by atoms with Crippen molar-refractivity contribution in [3.63, 3.8) is 0 Å². The van der Waals surface area contributed by atoms with E-state index in [0.29, 0.717) is 18.0 Å². The zero-order chi connectivity index (χ0) is 20.5. The molecule has 1 aromatic heterocycles. The smallest absolute Gasteiger partial charge is 0.355 e. The molecule has 1 saturated carbocycles. The van der Waals surface area contributed by atoms with Crippen LogP contribution in [0.15, 0.2) is 23.6 Å². The van der Waals surface area contributed by atoms with Gasteiger partial charge in [0.15, 0.2) is 5.69 Å². The highest BCUT2D eigenvalue weighted by molar-refractivity contribution is 7.09. The number of aromatic carboxylic acids is 1. The van der Waals surface area contributed by atoms with Crippen LogP contribution in [0.4, 0.5) is 0 Å². The number of aliphatic hydroxyl groups is 1. The largest absolute Gasteiger partial charge is 0.496 e. The number of hydrogen-bond donors (Lipinski definition) is 2. The molecule has 2 aromatic rings. The van der Waals surface area contributed by atoms with Crippen LogP contribution in [0.25, 0.3) is 0 Å². The highest BCUT2D eigenvalue weighted by Crippen LogP contribution is 2.46. The zero-order valence-corrected chi connectivity index (χ0v) is 17.2. The van der Waals surface area contributed by atoms with Gasteiger partial charge in [-0.15, -0.1) is 11.3 Å². The van der Waals surface area contributed by atoms with Crippen LogP contribution in [-0.4, -0.2) is 47.1 Å². The molecule has 0 spiro atoms. The molecule has 2 N–H and O–H groups in total. The number of thiazole rings is 1. The van der Waals surface area contributed by atoms with Crippen molar-refractivity contribution in [1.82, 2.24) is 4.98 Å². The Kier molecular flexibility index (Phi) is 5.76. The Morgan fingerprint density at radius 3 is 2.93 bits per heavy atom. The summed E-state index contributed by atoms with van der Waals surface area (Å²) in [6, 6.07) is 5.73. The summed E-state index contributed by atoms with van der Waals surface area (Å²) in [6.45, 7) is 2.40. The van der Waals surface area contributed by atoms with Crippen LogP contribution in [0.2, 0.25) is 0 Å². The van der Waals surface area contributed by atoms with Gasteiger partial charge in [0.1, 0.15) is 22.6 Å². The Bertz CT molecular complexity index is 884. The maximum Gasteiger partial charge on any atom is 0.355 e. The molecular formula is C21H25NO6S. The number of benzene rings is 1. The number of carbonyl (C=O) groups is 1. The lowest BCUT2D eigenvalue weighted by atomic mass is 9.87. The standard InChI is InChI=1S/C21H25NO6S/c1-11-3-4-12(7-18(11)26-2)27-9-14-13-5-6-17(28-19(13)8-16(14)23)20-22-15(10-29-20)21(24)25/h3-4,7,10,13-14,16-17,19,23H,5-6,8-9H2,1-2H3,(H,24,25)/t13-,14-,16+,17-,19+/m1/s1. The Labute approximate surface area is 173 Å². The number of carboxylic acids is 1. The first-order valence-corrected chi connectivity index (χ1v) is 10.6. The topological polar surface area (TPSA) is 98.1 Å². The third-order valence-electron chi connectivity index (χ3n) is 5.94. The lowest BCUT2D eigenvalue weighted by Crippen LogP contribution is -2.33. The zero-order valence-electron chi connectivity index (χ0n) is 16.4. The normalized spacial score (nSPS) is 28.7. The average molecular weight is 419 g/mol. The maximum atomic E-state index is 11.1. The maximum absolute atomic E-state index is 11.1. The van der Waals surface area contributed by atoms with Gasteiger partial charge in [0.05, 0.1) is 25.9 Å². The molecule has 1 aromatic carbocycles. The van der Waals surface area contributed by atoms with E-state index in [1.807, 2.05) is 25.1 Å². The van der Waals surface area contributed by atoms with E-state index in [4.69, 9.17) is 19.3 Å². The van der Waals surface area contributed by atoms with Crippen molar-refractivity contribution in [2.45, 2.75) is 44.5 Å². The summed E-state index contributed by atoms with van der Waals surface area (Å²) in [6.07, 6.45) is 1.45. The molecule has 1 aliphatic carbocycles. The summed E-state index contributed by atoms with van der Waals surface area (Å²) in [5, 5.41) is 21.9. The third kappa shape index (κ3) is 4.10. The second-order valence-corrected chi connectivity index (χ2v) is 8.58. The molecule has 2 heterocycles. The minimum Gasteiger partial charge on any atom is -0.496 e. The molecular weight excluding hydrogens is 394 g/mol. The average Bonchev–Trinajstić information content (AvgIpc) is 3.31. The second-order valence-electron chi connectivity index (χ2n) is 7.69. The lowest BCUT2D eigenvalue weighted by Gasteiger charge is -2.33. The van der Waals surface area contributed by atoms with E-state index in [9.17, 15) is 9.90 Å². The fourth-order valence-electron chi connectivity index (χ4n) is 4.36. The number of fused-ring (bicyclic) bond motifs is 1. The fourth-order valence-corrected chi connectivity index (χ4v) is 5.22. The van der Waals surface area contributed by atoms with Crippen LogP contribution in [0, 0.1) is 18.8 Å². The number of hydrogen-bond acceptors (Lipinski definition) is 7. The molecule has 8 heteroatoms. The van der Waals surface area contributed by atoms with Crippen LogP contribution < -0.4 is 9.47 Å². The monoisotopic (exact) mass is 419 g/mol. The first-order chi connectivity index (χ1) is 14.0. The van der Waals surface area contributed by atoms with Gasteiger partial charge in [0.2, 0.25) is 0 Å². The molecule has 156 valence electrons. The molecule has 1 aliphatic heterocycles. The number of nitrogens with zero attached hydrogens (tertiary/aromatic N) is 1. The summed E-state index contributed by atoms with van der Waals surface area (Å²) in [5.41, 5.74) is 1.10. The molecule has 5 atom stereocenters. The fraction of sp³-hybridized carbons (Fsp3) is 0.524. The molecule has 1 saturated heterocycles. The molecule has 0 unspecified atom stereocenters.